The second-order valence-electron chi connectivity index (χ2n) is 6.83. The van der Waals surface area contributed by atoms with Gasteiger partial charge in [0.25, 0.3) is 11.6 Å². The van der Waals surface area contributed by atoms with Crippen LogP contribution in [0.25, 0.3) is 17.4 Å². The third-order valence-corrected chi connectivity index (χ3v) is 5.58. The van der Waals surface area contributed by atoms with Gasteiger partial charge < -0.3 is 9.15 Å². The van der Waals surface area contributed by atoms with Crippen molar-refractivity contribution in [2.45, 2.75) is 26.7 Å². The summed E-state index contributed by atoms with van der Waals surface area (Å²) in [6, 6.07) is 7.67. The molecule has 164 valence electrons. The summed E-state index contributed by atoms with van der Waals surface area (Å²) in [6.45, 7) is 4.20. The molecule has 0 unspecified atom stereocenters. The molecular formula is C21H19N5O5S. The van der Waals surface area contributed by atoms with E-state index in [0.717, 1.165) is 17.9 Å². The SMILES string of the molecule is CCCC1=NN2C(=N)/C(=C\c3ccc(-c4ccc(OCC)cc4[N+](=O)[O-])o3)C(=O)N=C2S1. The Kier molecular flexibility index (Phi) is 5.91. The van der Waals surface area contributed by atoms with E-state index in [0.29, 0.717) is 17.5 Å². The maximum atomic E-state index is 12.5. The Labute approximate surface area is 187 Å². The van der Waals surface area contributed by atoms with E-state index < -0.39 is 10.8 Å². The van der Waals surface area contributed by atoms with Crippen LogP contribution in [0.4, 0.5) is 5.69 Å². The van der Waals surface area contributed by atoms with Crippen molar-refractivity contribution in [1.82, 2.24) is 5.01 Å². The molecule has 0 atom stereocenters. The molecule has 1 aromatic heterocycles. The molecule has 2 aliphatic rings. The van der Waals surface area contributed by atoms with Crippen molar-refractivity contribution >= 4 is 45.5 Å². The predicted octanol–water partition coefficient (Wildman–Crippen LogP) is 4.67. The number of nitrogens with one attached hydrogen (secondary N) is 1. The number of hydrogen-bond acceptors (Lipinski definition) is 8. The number of hydrogen-bond donors (Lipinski definition) is 1. The molecule has 1 aromatic carbocycles. The van der Waals surface area contributed by atoms with Crippen molar-refractivity contribution in [1.29, 1.82) is 5.41 Å². The van der Waals surface area contributed by atoms with E-state index in [1.54, 1.807) is 31.2 Å². The fraction of sp³-hybridized carbons (Fsp3) is 0.238. The largest absolute Gasteiger partial charge is 0.494 e. The maximum absolute atomic E-state index is 12.5. The Hall–Kier alpha value is -3.73. The van der Waals surface area contributed by atoms with Gasteiger partial charge in [-0.05, 0) is 61.9 Å². The Morgan fingerprint density at radius 3 is 2.84 bits per heavy atom. The van der Waals surface area contributed by atoms with E-state index in [1.165, 1.54) is 28.9 Å². The molecule has 0 radical (unpaired) electrons. The van der Waals surface area contributed by atoms with Crippen LogP contribution in [0, 0.1) is 15.5 Å². The molecule has 1 N–H and O–H groups in total. The van der Waals surface area contributed by atoms with Gasteiger partial charge in [-0.1, -0.05) is 6.92 Å². The van der Waals surface area contributed by atoms with Crippen LogP contribution >= 0.6 is 11.8 Å². The number of ether oxygens (including phenoxy) is 1. The number of furan rings is 1. The minimum Gasteiger partial charge on any atom is -0.494 e. The van der Waals surface area contributed by atoms with E-state index in [1.807, 2.05) is 6.92 Å². The number of nitro groups is 1. The zero-order chi connectivity index (χ0) is 22.8. The van der Waals surface area contributed by atoms with Crippen molar-refractivity contribution < 1.29 is 18.9 Å². The Balaban J connectivity index is 1.65. The number of nitrogens with zero attached hydrogens (tertiary/aromatic N) is 4. The number of carbonyl (C=O) groups excluding carboxylic acids is 1. The molecular weight excluding hydrogens is 434 g/mol. The summed E-state index contributed by atoms with van der Waals surface area (Å²) in [7, 11) is 0. The molecule has 0 fully saturated rings. The lowest BCUT2D eigenvalue weighted by molar-refractivity contribution is -0.384. The minimum absolute atomic E-state index is 0.0259. The van der Waals surface area contributed by atoms with Gasteiger partial charge in [0.15, 0.2) is 5.84 Å². The highest BCUT2D eigenvalue weighted by Gasteiger charge is 2.35. The van der Waals surface area contributed by atoms with Crippen LogP contribution in [0.1, 0.15) is 32.4 Å². The van der Waals surface area contributed by atoms with Crippen LogP contribution in [0.15, 0.2) is 50.4 Å². The van der Waals surface area contributed by atoms with E-state index >= 15 is 0 Å². The molecule has 0 bridgehead atoms. The monoisotopic (exact) mass is 453 g/mol. The van der Waals surface area contributed by atoms with Crippen molar-refractivity contribution in [2.75, 3.05) is 6.61 Å². The number of nitro benzene ring substituents is 1. The molecule has 1 amide bonds. The lowest BCUT2D eigenvalue weighted by atomic mass is 10.1. The van der Waals surface area contributed by atoms with Gasteiger partial charge in [0, 0.05) is 0 Å². The number of aliphatic imine (C=N–C) groups is 1. The van der Waals surface area contributed by atoms with Crippen LogP contribution in [-0.2, 0) is 4.79 Å². The summed E-state index contributed by atoms with van der Waals surface area (Å²) in [6.07, 6.45) is 3.03. The summed E-state index contributed by atoms with van der Waals surface area (Å²) >= 11 is 1.28. The fourth-order valence-electron chi connectivity index (χ4n) is 3.19. The first-order valence-corrected chi connectivity index (χ1v) is 10.7. The van der Waals surface area contributed by atoms with Crippen molar-refractivity contribution in [3.8, 4) is 17.1 Å². The molecule has 4 rings (SSSR count). The van der Waals surface area contributed by atoms with Gasteiger partial charge in [-0.15, -0.1) is 0 Å². The average molecular weight is 453 g/mol. The van der Waals surface area contributed by atoms with Crippen molar-refractivity contribution in [3.05, 3.63) is 51.8 Å². The third-order valence-electron chi connectivity index (χ3n) is 4.62. The van der Waals surface area contributed by atoms with E-state index in [4.69, 9.17) is 14.6 Å². The number of fused-ring (bicyclic) bond motifs is 1. The normalized spacial score (nSPS) is 16.8. The number of thioether (sulfide) groups is 1. The first-order chi connectivity index (χ1) is 15.4. The van der Waals surface area contributed by atoms with Gasteiger partial charge in [0.1, 0.15) is 22.3 Å². The summed E-state index contributed by atoms with van der Waals surface area (Å²) in [4.78, 5) is 27.6. The molecule has 2 aromatic rings. The number of rotatable bonds is 7. The van der Waals surface area contributed by atoms with E-state index in [2.05, 4.69) is 10.1 Å². The van der Waals surface area contributed by atoms with Gasteiger partial charge in [0.05, 0.1) is 28.7 Å². The van der Waals surface area contributed by atoms with Crippen molar-refractivity contribution in [3.63, 3.8) is 0 Å². The molecule has 2 aliphatic heterocycles. The highest BCUT2D eigenvalue weighted by atomic mass is 32.2. The van der Waals surface area contributed by atoms with Gasteiger partial charge in [-0.3, -0.25) is 20.3 Å². The average Bonchev–Trinajstić information content (AvgIpc) is 3.38. The minimum atomic E-state index is -0.563. The zero-order valence-corrected chi connectivity index (χ0v) is 18.1. The summed E-state index contributed by atoms with van der Waals surface area (Å²) in [5.74, 6) is 0.249. The van der Waals surface area contributed by atoms with E-state index in [9.17, 15) is 14.9 Å². The number of benzene rings is 1. The summed E-state index contributed by atoms with van der Waals surface area (Å²) in [5.41, 5.74) is 0.142. The van der Waals surface area contributed by atoms with Crippen LogP contribution < -0.4 is 4.74 Å². The third kappa shape index (κ3) is 4.06. The molecule has 3 heterocycles. The van der Waals surface area contributed by atoms with Gasteiger partial charge in [-0.25, -0.2) is 0 Å². The van der Waals surface area contributed by atoms with Crippen LogP contribution in [-0.4, -0.2) is 38.5 Å². The number of amidine groups is 2. The number of hydrazone groups is 1. The summed E-state index contributed by atoms with van der Waals surface area (Å²) in [5, 5.41) is 26.8. The molecule has 0 saturated heterocycles. The number of carbonyl (C=O) groups is 1. The highest BCUT2D eigenvalue weighted by Crippen LogP contribution is 2.35. The lowest BCUT2D eigenvalue weighted by Gasteiger charge is -2.19. The Morgan fingerprint density at radius 2 is 2.12 bits per heavy atom. The van der Waals surface area contributed by atoms with Gasteiger partial charge >= 0.3 is 0 Å². The second-order valence-corrected chi connectivity index (χ2v) is 7.88. The Bertz CT molecular complexity index is 1210. The second kappa shape index (κ2) is 8.79. The van der Waals surface area contributed by atoms with Gasteiger partial charge in [0.2, 0.25) is 5.17 Å². The quantitative estimate of drug-likeness (QED) is 0.365. The zero-order valence-electron chi connectivity index (χ0n) is 17.3. The van der Waals surface area contributed by atoms with Crippen LogP contribution in [0.5, 0.6) is 5.75 Å². The first kappa shape index (κ1) is 21.5. The fourth-order valence-corrected chi connectivity index (χ4v) is 4.18. The molecule has 10 nitrogen and oxygen atoms in total. The molecule has 0 saturated carbocycles. The Morgan fingerprint density at radius 1 is 1.31 bits per heavy atom. The van der Waals surface area contributed by atoms with Gasteiger partial charge in [-0.2, -0.15) is 15.1 Å². The molecule has 32 heavy (non-hydrogen) atoms. The topological polar surface area (TPSA) is 134 Å². The van der Waals surface area contributed by atoms with Crippen LogP contribution in [0.2, 0.25) is 0 Å². The maximum Gasteiger partial charge on any atom is 0.284 e. The smallest absolute Gasteiger partial charge is 0.284 e. The van der Waals surface area contributed by atoms with E-state index in [-0.39, 0.29) is 34.2 Å². The predicted molar refractivity (Wildman–Crippen MR) is 122 cm³/mol. The molecule has 0 spiro atoms. The standard InChI is InChI=1S/C21H19N5O5S/c1-3-5-18-24-25-19(22)15(20(27)23-21(25)32-18)10-13-7-9-17(31-13)14-8-6-12(30-4-2)11-16(14)26(28)29/h6-11,22H,3-5H2,1-2H3/b15-10+,22-19?. The summed E-state index contributed by atoms with van der Waals surface area (Å²) < 4.78 is 11.1. The van der Waals surface area contributed by atoms with Crippen molar-refractivity contribution in [2.24, 2.45) is 10.1 Å². The number of amides is 1. The first-order valence-electron chi connectivity index (χ1n) is 9.91. The van der Waals surface area contributed by atoms with Crippen LogP contribution in [0.3, 0.4) is 0 Å². The lowest BCUT2D eigenvalue weighted by Crippen LogP contribution is -2.35. The highest BCUT2D eigenvalue weighted by molar-refractivity contribution is 8.26. The molecule has 0 aliphatic carbocycles. The molecule has 11 heteroatoms.